The van der Waals surface area contributed by atoms with Gasteiger partial charge in [-0.25, -0.2) is 14.5 Å². The molecule has 0 aliphatic heterocycles. The summed E-state index contributed by atoms with van der Waals surface area (Å²) in [6, 6.07) is 10.7. The average molecular weight is 416 g/mol. The number of amides is 2. The van der Waals surface area contributed by atoms with Crippen LogP contribution in [0.1, 0.15) is 11.1 Å². The number of carbonyl (C=O) groups is 1. The summed E-state index contributed by atoms with van der Waals surface area (Å²) < 4.78 is 12.1. The molecule has 0 unspecified atom stereocenters. The highest BCUT2D eigenvalue weighted by atomic mass is 35.5. The van der Waals surface area contributed by atoms with Gasteiger partial charge in [0.15, 0.2) is 0 Å². The van der Waals surface area contributed by atoms with Gasteiger partial charge in [-0.15, -0.1) is 0 Å². The van der Waals surface area contributed by atoms with Gasteiger partial charge in [-0.05, 0) is 29.8 Å². The fourth-order valence-electron chi connectivity index (χ4n) is 2.44. The average Bonchev–Trinajstić information content (AvgIpc) is 3.21. The second kappa shape index (κ2) is 10.4. The standard InChI is InChI=1S/C20H22ClN5O3/c1-28-8-9-29-19-7-2-15(10-22-19)11-23-20(27)24-12-16-13-25-26(14-16)18-5-3-17(21)4-6-18/h2-7,10,13-14H,8-9,11-12H2,1H3,(H2,23,24,27). The van der Waals surface area contributed by atoms with Crippen molar-refractivity contribution in [2.45, 2.75) is 13.1 Å². The Labute approximate surface area is 173 Å². The van der Waals surface area contributed by atoms with E-state index in [0.29, 0.717) is 37.2 Å². The van der Waals surface area contributed by atoms with Crippen LogP contribution in [0.25, 0.3) is 5.69 Å². The molecule has 0 saturated heterocycles. The number of urea groups is 1. The van der Waals surface area contributed by atoms with E-state index in [1.54, 1.807) is 42.4 Å². The highest BCUT2D eigenvalue weighted by Crippen LogP contribution is 2.13. The molecule has 2 heterocycles. The summed E-state index contributed by atoms with van der Waals surface area (Å²) >= 11 is 5.90. The van der Waals surface area contributed by atoms with Crippen LogP contribution < -0.4 is 15.4 Å². The summed E-state index contributed by atoms with van der Waals surface area (Å²) in [4.78, 5) is 16.2. The lowest BCUT2D eigenvalue weighted by molar-refractivity contribution is 0.143. The van der Waals surface area contributed by atoms with Crippen molar-refractivity contribution in [3.8, 4) is 11.6 Å². The SMILES string of the molecule is COCCOc1ccc(CNC(=O)NCc2cnn(-c3ccc(Cl)cc3)c2)cn1. The van der Waals surface area contributed by atoms with Gasteiger partial charge in [-0.2, -0.15) is 5.10 Å². The second-order valence-electron chi connectivity index (χ2n) is 6.15. The van der Waals surface area contributed by atoms with Gasteiger partial charge in [0.25, 0.3) is 0 Å². The van der Waals surface area contributed by atoms with E-state index in [4.69, 9.17) is 21.1 Å². The largest absolute Gasteiger partial charge is 0.475 e. The molecular weight excluding hydrogens is 394 g/mol. The van der Waals surface area contributed by atoms with Crippen molar-refractivity contribution >= 4 is 17.6 Å². The van der Waals surface area contributed by atoms with E-state index in [9.17, 15) is 4.79 Å². The summed E-state index contributed by atoms with van der Waals surface area (Å²) in [6.45, 7) is 1.67. The molecular formula is C20H22ClN5O3. The first-order chi connectivity index (χ1) is 14.1. The summed E-state index contributed by atoms with van der Waals surface area (Å²) in [7, 11) is 1.61. The molecule has 0 atom stereocenters. The molecule has 0 spiro atoms. The van der Waals surface area contributed by atoms with Crippen molar-refractivity contribution in [3.05, 3.63) is 71.1 Å². The van der Waals surface area contributed by atoms with E-state index < -0.39 is 0 Å². The van der Waals surface area contributed by atoms with Gasteiger partial charge < -0.3 is 20.1 Å². The minimum Gasteiger partial charge on any atom is -0.475 e. The first-order valence-corrected chi connectivity index (χ1v) is 9.39. The van der Waals surface area contributed by atoms with Crippen LogP contribution in [-0.2, 0) is 17.8 Å². The van der Waals surface area contributed by atoms with Crippen molar-refractivity contribution in [1.82, 2.24) is 25.4 Å². The van der Waals surface area contributed by atoms with Crippen LogP contribution in [0.3, 0.4) is 0 Å². The van der Waals surface area contributed by atoms with Crippen molar-refractivity contribution in [2.24, 2.45) is 0 Å². The molecule has 2 N–H and O–H groups in total. The van der Waals surface area contributed by atoms with Crippen LogP contribution in [0, 0.1) is 0 Å². The number of rotatable bonds is 9. The maximum atomic E-state index is 12.0. The number of pyridine rings is 1. The molecule has 0 bridgehead atoms. The fourth-order valence-corrected chi connectivity index (χ4v) is 2.57. The molecule has 0 radical (unpaired) electrons. The zero-order valence-electron chi connectivity index (χ0n) is 16.0. The zero-order chi connectivity index (χ0) is 20.5. The number of methoxy groups -OCH3 is 1. The Morgan fingerprint density at radius 3 is 2.48 bits per heavy atom. The normalized spacial score (nSPS) is 10.6. The van der Waals surface area contributed by atoms with Crippen LogP contribution in [0.15, 0.2) is 55.0 Å². The minimum atomic E-state index is -0.273. The predicted molar refractivity (Wildman–Crippen MR) is 109 cm³/mol. The smallest absolute Gasteiger partial charge is 0.315 e. The minimum absolute atomic E-state index is 0.273. The van der Waals surface area contributed by atoms with E-state index in [1.807, 2.05) is 24.4 Å². The molecule has 152 valence electrons. The molecule has 29 heavy (non-hydrogen) atoms. The third-order valence-corrected chi connectivity index (χ3v) is 4.22. The Morgan fingerprint density at radius 1 is 1.03 bits per heavy atom. The third kappa shape index (κ3) is 6.48. The van der Waals surface area contributed by atoms with Gasteiger partial charge in [0.2, 0.25) is 5.88 Å². The molecule has 0 saturated carbocycles. The Kier molecular flexibility index (Phi) is 7.43. The van der Waals surface area contributed by atoms with Crippen molar-refractivity contribution in [2.75, 3.05) is 20.3 Å². The van der Waals surface area contributed by atoms with Crippen molar-refractivity contribution in [1.29, 1.82) is 0 Å². The lowest BCUT2D eigenvalue weighted by atomic mass is 10.3. The molecule has 2 aromatic heterocycles. The second-order valence-corrected chi connectivity index (χ2v) is 6.59. The molecule has 0 fully saturated rings. The van der Waals surface area contributed by atoms with E-state index in [-0.39, 0.29) is 6.03 Å². The van der Waals surface area contributed by atoms with E-state index in [2.05, 4.69) is 20.7 Å². The number of hydrogen-bond donors (Lipinski definition) is 2. The van der Waals surface area contributed by atoms with E-state index in [1.165, 1.54) is 0 Å². The maximum absolute atomic E-state index is 12.0. The molecule has 3 rings (SSSR count). The molecule has 0 aliphatic rings. The third-order valence-electron chi connectivity index (χ3n) is 3.97. The maximum Gasteiger partial charge on any atom is 0.315 e. The van der Waals surface area contributed by atoms with Gasteiger partial charge in [0.05, 0.1) is 18.5 Å². The quantitative estimate of drug-likeness (QED) is 0.524. The Balaban J connectivity index is 1.41. The van der Waals surface area contributed by atoms with Crippen molar-refractivity contribution < 1.29 is 14.3 Å². The lowest BCUT2D eigenvalue weighted by Gasteiger charge is -2.08. The Morgan fingerprint density at radius 2 is 1.79 bits per heavy atom. The zero-order valence-corrected chi connectivity index (χ0v) is 16.7. The van der Waals surface area contributed by atoms with E-state index in [0.717, 1.165) is 16.8 Å². The van der Waals surface area contributed by atoms with Gasteiger partial charge in [0, 0.05) is 49.2 Å². The number of halogens is 1. The lowest BCUT2D eigenvalue weighted by Crippen LogP contribution is -2.34. The number of carbonyl (C=O) groups excluding carboxylic acids is 1. The highest BCUT2D eigenvalue weighted by Gasteiger charge is 2.05. The number of aromatic nitrogens is 3. The van der Waals surface area contributed by atoms with Crippen LogP contribution >= 0.6 is 11.6 Å². The number of ether oxygens (including phenoxy) is 2. The number of nitrogens with zero attached hydrogens (tertiary/aromatic N) is 3. The molecule has 8 nitrogen and oxygen atoms in total. The topological polar surface area (TPSA) is 90.3 Å². The van der Waals surface area contributed by atoms with Crippen LogP contribution in [0.5, 0.6) is 5.88 Å². The molecule has 9 heteroatoms. The van der Waals surface area contributed by atoms with Crippen molar-refractivity contribution in [3.63, 3.8) is 0 Å². The fraction of sp³-hybridized carbons (Fsp3) is 0.250. The molecule has 1 aromatic carbocycles. The Bertz CT molecular complexity index is 913. The molecule has 3 aromatic rings. The summed E-state index contributed by atoms with van der Waals surface area (Å²) in [6.07, 6.45) is 5.23. The van der Waals surface area contributed by atoms with E-state index >= 15 is 0 Å². The predicted octanol–water partition coefficient (Wildman–Crippen LogP) is 2.95. The number of hydrogen-bond acceptors (Lipinski definition) is 5. The highest BCUT2D eigenvalue weighted by molar-refractivity contribution is 6.30. The first-order valence-electron chi connectivity index (χ1n) is 9.02. The first kappa shape index (κ1) is 20.6. The monoisotopic (exact) mass is 415 g/mol. The Hall–Kier alpha value is -3.10. The van der Waals surface area contributed by atoms with Crippen LogP contribution in [-0.4, -0.2) is 41.1 Å². The van der Waals surface area contributed by atoms with Gasteiger partial charge in [-0.1, -0.05) is 17.7 Å². The summed E-state index contributed by atoms with van der Waals surface area (Å²) in [5.74, 6) is 0.521. The number of benzene rings is 1. The van der Waals surface area contributed by atoms with Gasteiger partial charge >= 0.3 is 6.03 Å². The molecule has 2 amide bonds. The molecule has 0 aliphatic carbocycles. The summed E-state index contributed by atoms with van der Waals surface area (Å²) in [5.41, 5.74) is 2.65. The van der Waals surface area contributed by atoms with Crippen LogP contribution in [0.4, 0.5) is 4.79 Å². The van der Waals surface area contributed by atoms with Gasteiger partial charge in [-0.3, -0.25) is 0 Å². The number of nitrogens with one attached hydrogen (secondary N) is 2. The summed E-state index contributed by atoms with van der Waals surface area (Å²) in [5, 5.41) is 10.6. The van der Waals surface area contributed by atoms with Crippen LogP contribution in [0.2, 0.25) is 5.02 Å². The van der Waals surface area contributed by atoms with Gasteiger partial charge in [0.1, 0.15) is 6.61 Å².